The number of nitrogens with zero attached hydrogens (tertiary/aromatic N) is 6. The van der Waals surface area contributed by atoms with Crippen LogP contribution in [0.4, 0.5) is 0 Å². The fourth-order valence-electron chi connectivity index (χ4n) is 2.34. The zero-order chi connectivity index (χ0) is 17.1. The minimum atomic E-state index is 0.525. The fourth-order valence-corrected chi connectivity index (χ4v) is 2.34. The minimum absolute atomic E-state index is 0.525. The SMILES string of the molecule is COc1ccc(/C=N\n2cnnc2-n2nc(C)cc2C)cc1OC. The lowest BCUT2D eigenvalue weighted by molar-refractivity contribution is 0.355. The van der Waals surface area contributed by atoms with Crippen molar-refractivity contribution in [1.29, 1.82) is 0 Å². The molecule has 2 aromatic heterocycles. The second-order valence-electron chi connectivity index (χ2n) is 5.17. The molecule has 8 nitrogen and oxygen atoms in total. The summed E-state index contributed by atoms with van der Waals surface area (Å²) in [4.78, 5) is 0. The number of rotatable bonds is 5. The average molecular weight is 326 g/mol. The summed E-state index contributed by atoms with van der Waals surface area (Å²) in [7, 11) is 3.20. The van der Waals surface area contributed by atoms with E-state index in [1.807, 2.05) is 38.1 Å². The van der Waals surface area contributed by atoms with Gasteiger partial charge in [-0.3, -0.25) is 0 Å². The molecule has 0 N–H and O–H groups in total. The Morgan fingerprint density at radius 1 is 1.08 bits per heavy atom. The van der Waals surface area contributed by atoms with E-state index >= 15 is 0 Å². The van der Waals surface area contributed by atoms with Crippen LogP contribution in [0.3, 0.4) is 0 Å². The first kappa shape index (κ1) is 15.7. The van der Waals surface area contributed by atoms with Crippen LogP contribution in [0.5, 0.6) is 11.5 Å². The highest BCUT2D eigenvalue weighted by Crippen LogP contribution is 2.26. The Balaban J connectivity index is 1.91. The molecule has 1 aromatic carbocycles. The van der Waals surface area contributed by atoms with E-state index in [-0.39, 0.29) is 0 Å². The molecular formula is C16H18N6O2. The maximum Gasteiger partial charge on any atom is 0.273 e. The molecule has 3 aromatic rings. The largest absolute Gasteiger partial charge is 0.493 e. The molecule has 0 radical (unpaired) electrons. The van der Waals surface area contributed by atoms with Crippen molar-refractivity contribution in [1.82, 2.24) is 24.7 Å². The second kappa shape index (κ2) is 6.53. The van der Waals surface area contributed by atoms with E-state index < -0.39 is 0 Å². The number of aromatic nitrogens is 5. The molecule has 0 saturated carbocycles. The first-order valence-corrected chi connectivity index (χ1v) is 7.32. The number of methoxy groups -OCH3 is 2. The topological polar surface area (TPSA) is 79.4 Å². The monoisotopic (exact) mass is 326 g/mol. The number of hydrogen-bond acceptors (Lipinski definition) is 6. The lowest BCUT2D eigenvalue weighted by Crippen LogP contribution is -2.06. The first-order valence-electron chi connectivity index (χ1n) is 7.32. The normalized spacial score (nSPS) is 11.2. The molecule has 0 atom stereocenters. The molecular weight excluding hydrogens is 308 g/mol. The molecule has 0 saturated heterocycles. The van der Waals surface area contributed by atoms with Crippen molar-refractivity contribution < 1.29 is 9.47 Å². The number of hydrogen-bond donors (Lipinski definition) is 0. The molecule has 0 unspecified atom stereocenters. The number of aryl methyl sites for hydroxylation is 2. The van der Waals surface area contributed by atoms with Crippen molar-refractivity contribution in [3.05, 3.63) is 47.5 Å². The molecule has 0 aliphatic rings. The Labute approximate surface area is 139 Å². The standard InChI is InChI=1S/C16H18N6O2/c1-11-7-12(2)22(20-11)16-19-17-10-21(16)18-9-13-5-6-14(23-3)15(8-13)24-4/h5-10H,1-4H3/b18-9-. The van der Waals surface area contributed by atoms with Crippen molar-refractivity contribution in [2.45, 2.75) is 13.8 Å². The second-order valence-corrected chi connectivity index (χ2v) is 5.17. The van der Waals surface area contributed by atoms with Crippen LogP contribution < -0.4 is 9.47 Å². The summed E-state index contributed by atoms with van der Waals surface area (Å²) in [6.07, 6.45) is 3.23. The Kier molecular flexibility index (Phi) is 4.28. The minimum Gasteiger partial charge on any atom is -0.493 e. The van der Waals surface area contributed by atoms with Crippen molar-refractivity contribution in [2.75, 3.05) is 14.2 Å². The molecule has 0 aliphatic carbocycles. The molecule has 24 heavy (non-hydrogen) atoms. The van der Waals surface area contributed by atoms with Crippen LogP contribution in [0.2, 0.25) is 0 Å². The zero-order valence-electron chi connectivity index (χ0n) is 14.0. The molecule has 0 bridgehead atoms. The number of benzene rings is 1. The van der Waals surface area contributed by atoms with E-state index in [4.69, 9.17) is 9.47 Å². The molecule has 0 fully saturated rings. The van der Waals surface area contributed by atoms with Gasteiger partial charge in [-0.25, -0.2) is 4.68 Å². The summed E-state index contributed by atoms with van der Waals surface area (Å²) in [5.41, 5.74) is 2.73. The third-order valence-corrected chi connectivity index (χ3v) is 3.45. The predicted octanol–water partition coefficient (Wildman–Crippen LogP) is 1.98. The van der Waals surface area contributed by atoms with Gasteiger partial charge in [0, 0.05) is 5.69 Å². The van der Waals surface area contributed by atoms with Crippen LogP contribution in [0.15, 0.2) is 35.7 Å². The lowest BCUT2D eigenvalue weighted by Gasteiger charge is -2.07. The Hall–Kier alpha value is -3.16. The van der Waals surface area contributed by atoms with E-state index in [1.165, 1.54) is 6.33 Å². The molecule has 0 aliphatic heterocycles. The quantitative estimate of drug-likeness (QED) is 0.670. The van der Waals surface area contributed by atoms with Gasteiger partial charge in [0.05, 0.1) is 26.1 Å². The van der Waals surface area contributed by atoms with E-state index in [1.54, 1.807) is 29.8 Å². The third-order valence-electron chi connectivity index (χ3n) is 3.45. The summed E-state index contributed by atoms with van der Waals surface area (Å²) in [5.74, 6) is 1.84. The van der Waals surface area contributed by atoms with Gasteiger partial charge < -0.3 is 9.47 Å². The first-order chi connectivity index (χ1) is 11.6. The van der Waals surface area contributed by atoms with E-state index in [0.717, 1.165) is 17.0 Å². The van der Waals surface area contributed by atoms with Crippen LogP contribution in [-0.2, 0) is 0 Å². The third kappa shape index (κ3) is 2.98. The van der Waals surface area contributed by atoms with Gasteiger partial charge in [-0.05, 0) is 43.7 Å². The summed E-state index contributed by atoms with van der Waals surface area (Å²) in [6.45, 7) is 3.88. The highest BCUT2D eigenvalue weighted by Gasteiger charge is 2.10. The van der Waals surface area contributed by atoms with Gasteiger partial charge in [0.1, 0.15) is 6.33 Å². The van der Waals surface area contributed by atoms with Crippen LogP contribution in [-0.4, -0.2) is 45.1 Å². The van der Waals surface area contributed by atoms with E-state index in [0.29, 0.717) is 17.4 Å². The molecule has 8 heteroatoms. The highest BCUT2D eigenvalue weighted by molar-refractivity contribution is 5.80. The van der Waals surface area contributed by atoms with Crippen molar-refractivity contribution in [3.63, 3.8) is 0 Å². The maximum absolute atomic E-state index is 5.29. The maximum atomic E-state index is 5.29. The van der Waals surface area contributed by atoms with E-state index in [2.05, 4.69) is 20.4 Å². The highest BCUT2D eigenvalue weighted by atomic mass is 16.5. The van der Waals surface area contributed by atoms with Gasteiger partial charge in [-0.2, -0.15) is 14.9 Å². The van der Waals surface area contributed by atoms with Gasteiger partial charge in [0.25, 0.3) is 5.95 Å². The lowest BCUT2D eigenvalue weighted by atomic mass is 10.2. The number of ether oxygens (including phenoxy) is 2. The van der Waals surface area contributed by atoms with Gasteiger partial charge in [-0.1, -0.05) is 0 Å². The van der Waals surface area contributed by atoms with Gasteiger partial charge in [0.2, 0.25) is 0 Å². The van der Waals surface area contributed by atoms with Crippen molar-refractivity contribution in [2.24, 2.45) is 5.10 Å². The van der Waals surface area contributed by atoms with Crippen molar-refractivity contribution in [3.8, 4) is 17.4 Å². The fraction of sp³-hybridized carbons (Fsp3) is 0.250. The van der Waals surface area contributed by atoms with Gasteiger partial charge in [0.15, 0.2) is 11.5 Å². The summed E-state index contributed by atoms with van der Waals surface area (Å²) in [6, 6.07) is 7.53. The smallest absolute Gasteiger partial charge is 0.273 e. The molecule has 124 valence electrons. The Morgan fingerprint density at radius 2 is 1.88 bits per heavy atom. The van der Waals surface area contributed by atoms with Gasteiger partial charge >= 0.3 is 0 Å². The van der Waals surface area contributed by atoms with Crippen LogP contribution >= 0.6 is 0 Å². The Morgan fingerprint density at radius 3 is 2.54 bits per heavy atom. The molecule has 0 spiro atoms. The Bertz CT molecular complexity index is 881. The van der Waals surface area contributed by atoms with Crippen LogP contribution in [0, 0.1) is 13.8 Å². The van der Waals surface area contributed by atoms with Crippen molar-refractivity contribution >= 4 is 6.21 Å². The molecule has 2 heterocycles. The average Bonchev–Trinajstić information content (AvgIpc) is 3.18. The summed E-state index contributed by atoms with van der Waals surface area (Å²) < 4.78 is 13.8. The van der Waals surface area contributed by atoms with E-state index in [9.17, 15) is 0 Å². The molecule has 0 amide bonds. The summed E-state index contributed by atoms with van der Waals surface area (Å²) in [5, 5.41) is 16.8. The van der Waals surface area contributed by atoms with Gasteiger partial charge in [-0.15, -0.1) is 10.2 Å². The van der Waals surface area contributed by atoms with Crippen LogP contribution in [0.25, 0.3) is 5.95 Å². The van der Waals surface area contributed by atoms with Crippen LogP contribution in [0.1, 0.15) is 17.0 Å². The molecule has 3 rings (SSSR count). The zero-order valence-corrected chi connectivity index (χ0v) is 14.0. The summed E-state index contributed by atoms with van der Waals surface area (Å²) >= 11 is 0. The predicted molar refractivity (Wildman–Crippen MR) is 89.2 cm³/mol.